The second-order valence-electron chi connectivity index (χ2n) is 5.29. The smallest absolute Gasteiger partial charge is 0.0564 e. The van der Waals surface area contributed by atoms with Crippen LogP contribution in [-0.4, -0.2) is 22.0 Å². The van der Waals surface area contributed by atoms with Crippen LogP contribution in [-0.2, 0) is 10.8 Å². The summed E-state index contributed by atoms with van der Waals surface area (Å²) in [6, 6.07) is 8.42. The number of hydrogen-bond acceptors (Lipinski definition) is 2. The molecule has 1 aliphatic rings. The summed E-state index contributed by atoms with van der Waals surface area (Å²) >= 11 is 3.42. The van der Waals surface area contributed by atoms with Gasteiger partial charge in [0.15, 0.2) is 0 Å². The van der Waals surface area contributed by atoms with Crippen molar-refractivity contribution < 1.29 is 4.21 Å². The first-order valence-electron chi connectivity index (χ1n) is 7.03. The van der Waals surface area contributed by atoms with Gasteiger partial charge in [-0.25, -0.2) is 0 Å². The van der Waals surface area contributed by atoms with E-state index < -0.39 is 10.8 Å². The largest absolute Gasteiger partial charge is 0.314 e. The Kier molecular flexibility index (Phi) is 5.60. The zero-order valence-electron chi connectivity index (χ0n) is 11.6. The maximum atomic E-state index is 12.7. The number of halogens is 1. The van der Waals surface area contributed by atoms with Crippen LogP contribution in [0.15, 0.2) is 33.6 Å². The fourth-order valence-electron chi connectivity index (χ4n) is 2.79. The van der Waals surface area contributed by atoms with Crippen LogP contribution in [0.25, 0.3) is 0 Å². The molecule has 0 heterocycles. The Bertz CT molecular complexity index is 434. The van der Waals surface area contributed by atoms with Crippen LogP contribution in [0.3, 0.4) is 0 Å². The van der Waals surface area contributed by atoms with Gasteiger partial charge in [0.05, 0.1) is 10.8 Å². The predicted molar refractivity (Wildman–Crippen MR) is 84.8 cm³/mol. The van der Waals surface area contributed by atoms with Gasteiger partial charge >= 0.3 is 0 Å². The van der Waals surface area contributed by atoms with E-state index in [0.717, 1.165) is 35.2 Å². The molecule has 1 aromatic rings. The summed E-state index contributed by atoms with van der Waals surface area (Å²) in [7, 11) is -0.884. The third-order valence-electron chi connectivity index (χ3n) is 3.96. The van der Waals surface area contributed by atoms with Gasteiger partial charge in [-0.15, -0.1) is 0 Å². The average Bonchev–Trinajstić information content (AvgIpc) is 2.78. The average molecular weight is 344 g/mol. The van der Waals surface area contributed by atoms with E-state index in [1.165, 1.54) is 0 Å². The molecular formula is C15H22BrNOS. The first-order valence-corrected chi connectivity index (χ1v) is 9.03. The minimum absolute atomic E-state index is 0.288. The van der Waals surface area contributed by atoms with Crippen molar-refractivity contribution in [3.63, 3.8) is 0 Å². The highest BCUT2D eigenvalue weighted by atomic mass is 79.9. The Morgan fingerprint density at radius 1 is 1.32 bits per heavy atom. The molecule has 4 heteroatoms. The monoisotopic (exact) mass is 343 g/mol. The van der Waals surface area contributed by atoms with E-state index in [-0.39, 0.29) is 5.25 Å². The Hall–Kier alpha value is -0.190. The molecular weight excluding hydrogens is 322 g/mol. The lowest BCUT2D eigenvalue weighted by atomic mass is 10.1. The van der Waals surface area contributed by atoms with Gasteiger partial charge in [0.2, 0.25) is 0 Å². The van der Waals surface area contributed by atoms with Gasteiger partial charge in [-0.05, 0) is 56.0 Å². The molecule has 0 radical (unpaired) electrons. The molecule has 19 heavy (non-hydrogen) atoms. The summed E-state index contributed by atoms with van der Waals surface area (Å²) in [5.41, 5.74) is 0. The number of hydrogen-bond donors (Lipinski definition) is 1. The van der Waals surface area contributed by atoms with E-state index in [9.17, 15) is 4.21 Å². The van der Waals surface area contributed by atoms with Crippen LogP contribution in [0, 0.1) is 5.92 Å². The number of benzene rings is 1. The van der Waals surface area contributed by atoms with Gasteiger partial charge in [0, 0.05) is 20.7 Å². The Labute approximate surface area is 127 Å². The molecule has 1 aromatic carbocycles. The molecule has 0 aromatic heterocycles. The SMILES string of the molecule is CCCNC1CCC(S(=O)c2ccc(Br)cc2)C1C. The first-order chi connectivity index (χ1) is 9.13. The predicted octanol–water partition coefficient (Wildman–Crippen LogP) is 3.72. The normalized spacial score (nSPS) is 28.5. The van der Waals surface area contributed by atoms with Crippen molar-refractivity contribution in [1.82, 2.24) is 5.32 Å². The van der Waals surface area contributed by atoms with Crippen LogP contribution in [0.1, 0.15) is 33.1 Å². The lowest BCUT2D eigenvalue weighted by Crippen LogP contribution is -2.35. The number of nitrogens with one attached hydrogen (secondary N) is 1. The van der Waals surface area contributed by atoms with Crippen LogP contribution in [0.4, 0.5) is 0 Å². The minimum atomic E-state index is -0.884. The highest BCUT2D eigenvalue weighted by Crippen LogP contribution is 2.32. The molecule has 0 saturated heterocycles. The molecule has 2 rings (SSSR count). The van der Waals surface area contributed by atoms with Crippen molar-refractivity contribution in [2.75, 3.05) is 6.54 Å². The highest BCUT2D eigenvalue weighted by Gasteiger charge is 2.36. The Balaban J connectivity index is 2.02. The van der Waals surface area contributed by atoms with Gasteiger partial charge in [-0.3, -0.25) is 4.21 Å². The van der Waals surface area contributed by atoms with E-state index in [4.69, 9.17) is 0 Å². The quantitative estimate of drug-likeness (QED) is 0.882. The summed E-state index contributed by atoms with van der Waals surface area (Å²) in [6.45, 7) is 5.48. The summed E-state index contributed by atoms with van der Waals surface area (Å²) in [5, 5.41) is 3.87. The molecule has 106 valence electrons. The molecule has 4 atom stereocenters. The van der Waals surface area contributed by atoms with E-state index >= 15 is 0 Å². The first kappa shape index (κ1) is 15.2. The fraction of sp³-hybridized carbons (Fsp3) is 0.600. The molecule has 1 aliphatic carbocycles. The maximum Gasteiger partial charge on any atom is 0.0564 e. The van der Waals surface area contributed by atoms with E-state index in [0.29, 0.717) is 12.0 Å². The van der Waals surface area contributed by atoms with E-state index in [1.807, 2.05) is 24.3 Å². The second kappa shape index (κ2) is 7.00. The third-order valence-corrected chi connectivity index (χ3v) is 6.44. The fourth-order valence-corrected chi connectivity index (χ4v) is 4.74. The van der Waals surface area contributed by atoms with Crippen molar-refractivity contribution in [3.05, 3.63) is 28.7 Å². The van der Waals surface area contributed by atoms with Gasteiger partial charge < -0.3 is 5.32 Å². The van der Waals surface area contributed by atoms with E-state index in [1.54, 1.807) is 0 Å². The molecule has 0 bridgehead atoms. The highest BCUT2D eigenvalue weighted by molar-refractivity contribution is 9.10. The summed E-state index contributed by atoms with van der Waals surface area (Å²) in [4.78, 5) is 0.955. The van der Waals surface area contributed by atoms with Crippen molar-refractivity contribution in [2.45, 2.75) is 49.3 Å². The third kappa shape index (κ3) is 3.67. The standard InChI is InChI=1S/C15H22BrNOS/c1-3-10-17-14-8-9-15(11(14)2)19(18)13-6-4-12(16)5-7-13/h4-7,11,14-15,17H,3,8-10H2,1-2H3. The van der Waals surface area contributed by atoms with Crippen LogP contribution >= 0.6 is 15.9 Å². The van der Waals surface area contributed by atoms with Crippen LogP contribution in [0.2, 0.25) is 0 Å². The molecule has 0 spiro atoms. The molecule has 1 N–H and O–H groups in total. The van der Waals surface area contributed by atoms with Gasteiger partial charge in [-0.2, -0.15) is 0 Å². The van der Waals surface area contributed by atoms with Crippen molar-refractivity contribution in [1.29, 1.82) is 0 Å². The Morgan fingerprint density at radius 3 is 2.63 bits per heavy atom. The van der Waals surface area contributed by atoms with Gasteiger partial charge in [-0.1, -0.05) is 29.8 Å². The molecule has 0 amide bonds. The maximum absolute atomic E-state index is 12.7. The topological polar surface area (TPSA) is 29.1 Å². The lowest BCUT2D eigenvalue weighted by molar-refractivity contribution is 0.429. The zero-order chi connectivity index (χ0) is 13.8. The number of rotatable bonds is 5. The van der Waals surface area contributed by atoms with Gasteiger partial charge in [0.1, 0.15) is 0 Å². The van der Waals surface area contributed by atoms with E-state index in [2.05, 4.69) is 35.1 Å². The molecule has 2 nitrogen and oxygen atoms in total. The van der Waals surface area contributed by atoms with Crippen LogP contribution in [0.5, 0.6) is 0 Å². The van der Waals surface area contributed by atoms with Crippen molar-refractivity contribution in [2.24, 2.45) is 5.92 Å². The Morgan fingerprint density at radius 2 is 2.00 bits per heavy atom. The van der Waals surface area contributed by atoms with Crippen LogP contribution < -0.4 is 5.32 Å². The zero-order valence-corrected chi connectivity index (χ0v) is 14.0. The molecule has 1 fully saturated rings. The minimum Gasteiger partial charge on any atom is -0.314 e. The molecule has 1 saturated carbocycles. The molecule has 0 aliphatic heterocycles. The lowest BCUT2D eigenvalue weighted by Gasteiger charge is -2.21. The summed E-state index contributed by atoms with van der Waals surface area (Å²) < 4.78 is 13.7. The second-order valence-corrected chi connectivity index (χ2v) is 7.87. The molecule has 4 unspecified atom stereocenters. The van der Waals surface area contributed by atoms with Gasteiger partial charge in [0.25, 0.3) is 0 Å². The van der Waals surface area contributed by atoms with Crippen molar-refractivity contribution in [3.8, 4) is 0 Å². The summed E-state index contributed by atoms with van der Waals surface area (Å²) in [5.74, 6) is 0.482. The summed E-state index contributed by atoms with van der Waals surface area (Å²) in [6.07, 6.45) is 3.36. The van der Waals surface area contributed by atoms with Crippen molar-refractivity contribution >= 4 is 26.7 Å².